The van der Waals surface area contributed by atoms with Crippen LogP contribution in [-0.4, -0.2) is 26.3 Å². The van der Waals surface area contributed by atoms with E-state index >= 15 is 0 Å². The van der Waals surface area contributed by atoms with Crippen LogP contribution in [-0.2, 0) is 9.47 Å². The third-order valence-electron chi connectivity index (χ3n) is 0.614. The van der Waals surface area contributed by atoms with Gasteiger partial charge in [0.05, 0.1) is 14.2 Å². The van der Waals surface area contributed by atoms with Crippen LogP contribution in [0.15, 0.2) is 4.99 Å². The number of nitrogens with one attached hydrogen (secondary N) is 1. The molecule has 0 fully saturated rings. The highest BCUT2D eigenvalue weighted by molar-refractivity contribution is 5.86. The number of nitrogens with two attached hydrogens (primary N) is 1. The van der Waals surface area contributed by atoms with Crippen molar-refractivity contribution in [3.63, 3.8) is 0 Å². The van der Waals surface area contributed by atoms with Gasteiger partial charge in [-0.25, -0.2) is 5.41 Å². The van der Waals surface area contributed by atoms with Crippen molar-refractivity contribution in [3.8, 4) is 0 Å². The van der Waals surface area contributed by atoms with Crippen LogP contribution >= 0.6 is 0 Å². The Kier molecular flexibility index (Phi) is 3.19. The van der Waals surface area contributed by atoms with Crippen molar-refractivity contribution >= 4 is 12.0 Å². The summed E-state index contributed by atoms with van der Waals surface area (Å²) in [7, 11) is 2.69. The van der Waals surface area contributed by atoms with Gasteiger partial charge in [-0.3, -0.25) is 0 Å². The monoisotopic (exact) mass is 131 g/mol. The summed E-state index contributed by atoms with van der Waals surface area (Å²) in [5.41, 5.74) is 5.06. The van der Waals surface area contributed by atoms with Crippen molar-refractivity contribution in [3.05, 3.63) is 0 Å². The van der Waals surface area contributed by atoms with Crippen LogP contribution in [0.2, 0.25) is 0 Å². The Morgan fingerprint density at radius 3 is 2.33 bits per heavy atom. The molecule has 0 saturated carbocycles. The third-order valence-corrected chi connectivity index (χ3v) is 0.614. The second kappa shape index (κ2) is 3.71. The van der Waals surface area contributed by atoms with E-state index in [1.54, 1.807) is 0 Å². The number of nitrogens with zero attached hydrogens (tertiary/aromatic N) is 1. The zero-order valence-electron chi connectivity index (χ0n) is 5.34. The molecule has 0 unspecified atom stereocenters. The number of hydrogen-bond acceptors (Lipinski definition) is 3. The van der Waals surface area contributed by atoms with Crippen LogP contribution in [0, 0.1) is 5.41 Å². The molecule has 3 N–H and O–H groups in total. The van der Waals surface area contributed by atoms with Gasteiger partial charge in [0, 0.05) is 0 Å². The summed E-state index contributed by atoms with van der Waals surface area (Å²) in [4.78, 5) is 3.35. The second-order valence-electron chi connectivity index (χ2n) is 1.16. The highest BCUT2D eigenvalue weighted by atomic mass is 16.5. The van der Waals surface area contributed by atoms with Crippen LogP contribution in [0.5, 0.6) is 0 Å². The van der Waals surface area contributed by atoms with E-state index in [9.17, 15) is 0 Å². The molecule has 0 amide bonds. The van der Waals surface area contributed by atoms with Crippen molar-refractivity contribution in [2.24, 2.45) is 10.7 Å². The maximum absolute atomic E-state index is 6.80. The van der Waals surface area contributed by atoms with E-state index in [0.717, 1.165) is 0 Å². The minimum atomic E-state index is -0.269. The topological polar surface area (TPSA) is 80.7 Å². The maximum atomic E-state index is 6.80. The summed E-state index contributed by atoms with van der Waals surface area (Å²) >= 11 is 0. The molecule has 0 aliphatic rings. The Hall–Kier alpha value is -1.26. The Labute approximate surface area is 53.0 Å². The first kappa shape index (κ1) is 7.74. The van der Waals surface area contributed by atoms with Gasteiger partial charge < -0.3 is 15.2 Å². The molecule has 0 aromatic heterocycles. The van der Waals surface area contributed by atoms with Crippen LogP contribution in [0.1, 0.15) is 0 Å². The molecule has 9 heavy (non-hydrogen) atoms. The first-order valence-electron chi connectivity index (χ1n) is 2.21. The first-order chi connectivity index (χ1) is 4.20. The molecule has 0 aromatic carbocycles. The summed E-state index contributed by atoms with van der Waals surface area (Å²) in [6.07, 6.45) is 0. The Morgan fingerprint density at radius 1 is 1.44 bits per heavy atom. The summed E-state index contributed by atoms with van der Waals surface area (Å²) in [6.45, 7) is 0. The summed E-state index contributed by atoms with van der Waals surface area (Å²) in [6, 6.07) is -0.351. The number of methoxy groups -OCH3 is 2. The smallest absolute Gasteiger partial charge is 0.313 e. The first-order valence-corrected chi connectivity index (χ1v) is 2.21. The second-order valence-corrected chi connectivity index (χ2v) is 1.16. The largest absolute Gasteiger partial charge is 0.468 e. The lowest BCUT2D eigenvalue weighted by Crippen LogP contribution is -2.16. The van der Waals surface area contributed by atoms with Crippen LogP contribution in [0.3, 0.4) is 0 Å². The van der Waals surface area contributed by atoms with E-state index in [2.05, 4.69) is 14.5 Å². The number of hydrogen-bond donors (Lipinski definition) is 2. The van der Waals surface area contributed by atoms with Gasteiger partial charge in [-0.15, -0.1) is 4.99 Å². The fourth-order valence-corrected chi connectivity index (χ4v) is 0.191. The van der Waals surface area contributed by atoms with Gasteiger partial charge in [-0.1, -0.05) is 0 Å². The van der Waals surface area contributed by atoms with Gasteiger partial charge in [0.25, 0.3) is 6.02 Å². The minimum absolute atomic E-state index is 0.0816. The lowest BCUT2D eigenvalue weighted by Gasteiger charge is -1.96. The van der Waals surface area contributed by atoms with E-state index in [1.807, 2.05) is 0 Å². The van der Waals surface area contributed by atoms with Crippen molar-refractivity contribution < 1.29 is 9.47 Å². The summed E-state index contributed by atoms with van der Waals surface area (Å²) in [5, 5.41) is 6.80. The lowest BCUT2D eigenvalue weighted by atomic mass is 11.0. The summed E-state index contributed by atoms with van der Waals surface area (Å²) < 4.78 is 8.79. The van der Waals surface area contributed by atoms with Gasteiger partial charge in [0.1, 0.15) is 0 Å². The number of amidine groups is 2. The van der Waals surface area contributed by atoms with Crippen molar-refractivity contribution in [1.82, 2.24) is 0 Å². The third kappa shape index (κ3) is 3.33. The average molecular weight is 131 g/mol. The fraction of sp³-hybridized carbons (Fsp3) is 0.500. The van der Waals surface area contributed by atoms with Gasteiger partial charge in [0.15, 0.2) is 0 Å². The Morgan fingerprint density at radius 2 is 2.00 bits per heavy atom. The zero-order valence-corrected chi connectivity index (χ0v) is 5.34. The molecule has 0 aliphatic carbocycles. The zero-order chi connectivity index (χ0) is 7.28. The van der Waals surface area contributed by atoms with E-state index in [1.165, 1.54) is 14.2 Å². The van der Waals surface area contributed by atoms with Gasteiger partial charge in [-0.05, 0) is 0 Å². The molecule has 0 heterocycles. The van der Waals surface area contributed by atoms with Crippen molar-refractivity contribution in [2.75, 3.05) is 14.2 Å². The van der Waals surface area contributed by atoms with E-state index < -0.39 is 0 Å². The molecule has 0 aliphatic heterocycles. The van der Waals surface area contributed by atoms with E-state index in [4.69, 9.17) is 11.1 Å². The molecular weight excluding hydrogens is 122 g/mol. The van der Waals surface area contributed by atoms with E-state index in [0.29, 0.717) is 0 Å². The van der Waals surface area contributed by atoms with E-state index in [-0.39, 0.29) is 12.0 Å². The lowest BCUT2D eigenvalue weighted by molar-refractivity contribution is 0.377. The molecule has 0 aromatic rings. The molecule has 0 spiro atoms. The number of rotatable bonds is 0. The van der Waals surface area contributed by atoms with Crippen LogP contribution in [0.4, 0.5) is 0 Å². The highest BCUT2D eigenvalue weighted by Crippen LogP contribution is 1.76. The minimum Gasteiger partial charge on any atom is -0.468 e. The predicted octanol–water partition coefficient (Wildman–Crippen LogP) is -0.471. The molecule has 0 bridgehead atoms. The molecule has 5 heteroatoms. The van der Waals surface area contributed by atoms with Gasteiger partial charge >= 0.3 is 6.02 Å². The molecule has 0 radical (unpaired) electrons. The van der Waals surface area contributed by atoms with Crippen LogP contribution in [0.25, 0.3) is 0 Å². The SMILES string of the molecule is COC(=N)N=C(N)OC. The predicted molar refractivity (Wildman–Crippen MR) is 33.4 cm³/mol. The standard InChI is InChI=1S/C4H9N3O2/c1-8-3(5)7-4(6)9-2/h1-2H3,(H3,5,6,7). The fourth-order valence-electron chi connectivity index (χ4n) is 0.191. The van der Waals surface area contributed by atoms with Crippen molar-refractivity contribution in [1.29, 1.82) is 5.41 Å². The normalized spacial score (nSPS) is 10.7. The Bertz CT molecular complexity index is 132. The van der Waals surface area contributed by atoms with Gasteiger partial charge in [-0.2, -0.15) is 0 Å². The molecule has 0 saturated heterocycles. The van der Waals surface area contributed by atoms with Crippen molar-refractivity contribution in [2.45, 2.75) is 0 Å². The van der Waals surface area contributed by atoms with Crippen LogP contribution < -0.4 is 5.73 Å². The number of ether oxygens (including phenoxy) is 2. The number of aliphatic imine (C=N–C) groups is 1. The summed E-state index contributed by atoms with van der Waals surface area (Å²) in [5.74, 6) is 0. The molecular formula is C4H9N3O2. The molecule has 0 rings (SSSR count). The highest BCUT2D eigenvalue weighted by Gasteiger charge is 1.91. The quantitative estimate of drug-likeness (QED) is 0.344. The average Bonchev–Trinajstić information content (AvgIpc) is 1.87. The Balaban J connectivity index is 3.79. The molecule has 52 valence electrons. The van der Waals surface area contributed by atoms with Gasteiger partial charge in [0.2, 0.25) is 0 Å². The maximum Gasteiger partial charge on any atom is 0.313 e. The molecule has 0 atom stereocenters. The molecule has 5 nitrogen and oxygen atoms in total.